The highest BCUT2D eigenvalue weighted by molar-refractivity contribution is 6.36. The Bertz CT molecular complexity index is 391. The first-order valence-corrected chi connectivity index (χ1v) is 5.00. The summed E-state index contributed by atoms with van der Waals surface area (Å²) in [5, 5.41) is 2.95. The van der Waals surface area contributed by atoms with Gasteiger partial charge in [0.2, 0.25) is 0 Å². The topological polar surface area (TPSA) is 12.0 Å². The lowest BCUT2D eigenvalue weighted by Gasteiger charge is -2.07. The second kappa shape index (κ2) is 5.33. The fourth-order valence-electron chi connectivity index (χ4n) is 1.000. The quantitative estimate of drug-likeness (QED) is 0.857. The number of hydrogen-bond acceptors (Lipinski definition) is 1. The summed E-state index contributed by atoms with van der Waals surface area (Å²) in [5.74, 6) is -0.988. The Morgan fingerprint density at radius 2 is 2.07 bits per heavy atom. The molecule has 0 aliphatic rings. The van der Waals surface area contributed by atoms with Gasteiger partial charge >= 0.3 is 0 Å². The van der Waals surface area contributed by atoms with Crippen LogP contribution in [0, 0.1) is 18.6 Å². The molecule has 0 spiro atoms. The van der Waals surface area contributed by atoms with E-state index in [-0.39, 0.29) is 17.8 Å². The van der Waals surface area contributed by atoms with Crippen LogP contribution in [-0.4, -0.2) is 6.54 Å². The molecular formula is C10H9Cl2F2N. The highest BCUT2D eigenvalue weighted by atomic mass is 35.5. The Labute approximate surface area is 96.7 Å². The molecule has 0 amide bonds. The predicted octanol–water partition coefficient (Wildman–Crippen LogP) is 4.00. The molecule has 1 N–H and O–H groups in total. The zero-order chi connectivity index (χ0) is 11.4. The van der Waals surface area contributed by atoms with Crippen molar-refractivity contribution in [1.82, 2.24) is 0 Å². The van der Waals surface area contributed by atoms with Crippen LogP contribution in [0.1, 0.15) is 5.56 Å². The van der Waals surface area contributed by atoms with Crippen LogP contribution in [0.4, 0.5) is 14.5 Å². The van der Waals surface area contributed by atoms with E-state index in [1.807, 2.05) is 0 Å². The Morgan fingerprint density at radius 1 is 1.40 bits per heavy atom. The number of benzene rings is 1. The lowest BCUT2D eigenvalue weighted by Crippen LogP contribution is -2.04. The first kappa shape index (κ1) is 12.3. The van der Waals surface area contributed by atoms with Crippen molar-refractivity contribution in [3.05, 3.63) is 39.9 Å². The van der Waals surface area contributed by atoms with E-state index in [0.717, 1.165) is 17.7 Å². The largest absolute Gasteiger partial charge is 0.378 e. The molecule has 0 saturated heterocycles. The first-order chi connectivity index (χ1) is 7.04. The first-order valence-electron chi connectivity index (χ1n) is 4.19. The summed E-state index contributed by atoms with van der Waals surface area (Å²) in [4.78, 5) is 0. The average molecular weight is 252 g/mol. The van der Waals surface area contributed by atoms with E-state index in [1.54, 1.807) is 0 Å². The van der Waals surface area contributed by atoms with Crippen molar-refractivity contribution in [3.8, 4) is 0 Å². The molecule has 0 heterocycles. The molecule has 0 fully saturated rings. The maximum atomic E-state index is 13.3. The number of nitrogens with one attached hydrogen (secondary N) is 1. The number of hydrogen-bond donors (Lipinski definition) is 1. The summed E-state index contributed by atoms with van der Waals surface area (Å²) in [7, 11) is 0. The van der Waals surface area contributed by atoms with Crippen LogP contribution in [-0.2, 0) is 0 Å². The lowest BCUT2D eigenvalue weighted by atomic mass is 10.2. The van der Waals surface area contributed by atoms with Crippen LogP contribution in [0.3, 0.4) is 0 Å². The highest BCUT2D eigenvalue weighted by Gasteiger charge is 2.06. The number of rotatable bonds is 3. The van der Waals surface area contributed by atoms with E-state index in [1.165, 1.54) is 6.92 Å². The van der Waals surface area contributed by atoms with Gasteiger partial charge in [-0.05, 0) is 18.6 Å². The smallest absolute Gasteiger partial charge is 0.146 e. The molecule has 1 aromatic rings. The van der Waals surface area contributed by atoms with Gasteiger partial charge in [-0.25, -0.2) is 8.78 Å². The molecule has 0 radical (unpaired) electrons. The molecule has 0 aliphatic carbocycles. The van der Waals surface area contributed by atoms with Gasteiger partial charge in [-0.1, -0.05) is 23.2 Å². The summed E-state index contributed by atoms with van der Waals surface area (Å²) >= 11 is 10.9. The zero-order valence-electron chi connectivity index (χ0n) is 7.95. The van der Waals surface area contributed by atoms with Gasteiger partial charge < -0.3 is 5.32 Å². The van der Waals surface area contributed by atoms with Gasteiger partial charge in [0, 0.05) is 16.6 Å². The molecule has 1 rings (SSSR count). The van der Waals surface area contributed by atoms with Crippen LogP contribution < -0.4 is 5.32 Å². The Balaban J connectivity index is 2.82. The van der Waals surface area contributed by atoms with Crippen LogP contribution in [0.2, 0.25) is 0 Å². The third-order valence-corrected chi connectivity index (χ3v) is 2.43. The minimum absolute atomic E-state index is 0.0646. The summed E-state index contributed by atoms with van der Waals surface area (Å²) < 4.78 is 26.3. The number of anilines is 1. The molecule has 0 aliphatic heterocycles. The SMILES string of the molecule is Cc1cc(F)c(NC/C(Cl)=C/Cl)cc1F. The van der Waals surface area contributed by atoms with Crippen molar-refractivity contribution < 1.29 is 8.78 Å². The summed E-state index contributed by atoms with van der Waals surface area (Å²) in [5.41, 5.74) is 1.49. The minimum atomic E-state index is -0.520. The standard InChI is InChI=1S/C10H9Cl2F2N/c1-6-2-9(14)10(3-8(6)13)15-5-7(12)4-11/h2-4,15H,5H2,1H3/b7-4-. The lowest BCUT2D eigenvalue weighted by molar-refractivity contribution is 0.595. The third kappa shape index (κ3) is 3.36. The Morgan fingerprint density at radius 3 is 2.67 bits per heavy atom. The molecule has 0 atom stereocenters. The second-order valence-electron chi connectivity index (χ2n) is 2.99. The molecule has 82 valence electrons. The molecule has 0 aromatic heterocycles. The van der Waals surface area contributed by atoms with Gasteiger partial charge in [-0.2, -0.15) is 0 Å². The van der Waals surface area contributed by atoms with Crippen molar-refractivity contribution in [2.45, 2.75) is 6.92 Å². The van der Waals surface area contributed by atoms with Crippen LogP contribution >= 0.6 is 23.2 Å². The van der Waals surface area contributed by atoms with Crippen LogP contribution in [0.15, 0.2) is 22.7 Å². The van der Waals surface area contributed by atoms with Gasteiger partial charge in [0.25, 0.3) is 0 Å². The fourth-order valence-corrected chi connectivity index (χ4v) is 1.14. The van der Waals surface area contributed by atoms with E-state index in [0.29, 0.717) is 5.03 Å². The highest BCUT2D eigenvalue weighted by Crippen LogP contribution is 2.19. The molecule has 15 heavy (non-hydrogen) atoms. The monoisotopic (exact) mass is 251 g/mol. The minimum Gasteiger partial charge on any atom is -0.378 e. The zero-order valence-corrected chi connectivity index (χ0v) is 9.46. The molecular weight excluding hydrogens is 243 g/mol. The van der Waals surface area contributed by atoms with Crippen molar-refractivity contribution in [3.63, 3.8) is 0 Å². The molecule has 0 bridgehead atoms. The van der Waals surface area contributed by atoms with Gasteiger partial charge in [-0.15, -0.1) is 0 Å². The maximum absolute atomic E-state index is 13.3. The average Bonchev–Trinajstić information content (AvgIpc) is 2.21. The molecule has 0 unspecified atom stereocenters. The van der Waals surface area contributed by atoms with E-state index >= 15 is 0 Å². The molecule has 1 aromatic carbocycles. The summed E-state index contributed by atoms with van der Waals surface area (Å²) in [6, 6.07) is 2.21. The van der Waals surface area contributed by atoms with Crippen LogP contribution in [0.25, 0.3) is 0 Å². The Kier molecular flexibility index (Phi) is 4.36. The molecule has 0 saturated carbocycles. The van der Waals surface area contributed by atoms with E-state index in [2.05, 4.69) is 5.32 Å². The normalized spacial score (nSPS) is 11.7. The van der Waals surface area contributed by atoms with E-state index in [4.69, 9.17) is 23.2 Å². The van der Waals surface area contributed by atoms with Crippen molar-refractivity contribution in [1.29, 1.82) is 0 Å². The number of aryl methyl sites for hydroxylation is 1. The summed E-state index contributed by atoms with van der Waals surface area (Å²) in [6.45, 7) is 1.65. The van der Waals surface area contributed by atoms with Crippen LogP contribution in [0.5, 0.6) is 0 Å². The maximum Gasteiger partial charge on any atom is 0.146 e. The molecule has 1 nitrogen and oxygen atoms in total. The number of halogens is 4. The van der Waals surface area contributed by atoms with Gasteiger partial charge in [-0.3, -0.25) is 0 Å². The van der Waals surface area contributed by atoms with Gasteiger partial charge in [0.1, 0.15) is 11.6 Å². The van der Waals surface area contributed by atoms with Crippen molar-refractivity contribution in [2.75, 3.05) is 11.9 Å². The summed E-state index contributed by atoms with van der Waals surface area (Å²) in [6.07, 6.45) is 0. The van der Waals surface area contributed by atoms with Crippen molar-refractivity contribution >= 4 is 28.9 Å². The Hall–Kier alpha value is -0.800. The van der Waals surface area contributed by atoms with E-state index in [9.17, 15) is 8.78 Å². The third-order valence-electron chi connectivity index (χ3n) is 1.81. The van der Waals surface area contributed by atoms with E-state index < -0.39 is 11.6 Å². The van der Waals surface area contributed by atoms with Gasteiger partial charge in [0.15, 0.2) is 0 Å². The fraction of sp³-hybridized carbons (Fsp3) is 0.200. The van der Waals surface area contributed by atoms with Gasteiger partial charge in [0.05, 0.1) is 12.2 Å². The second-order valence-corrected chi connectivity index (χ2v) is 3.69. The van der Waals surface area contributed by atoms with Crippen molar-refractivity contribution in [2.24, 2.45) is 0 Å². The predicted molar refractivity (Wildman–Crippen MR) is 59.4 cm³/mol. The molecule has 5 heteroatoms.